The average Bonchev–Trinajstić information content (AvgIpc) is 3.29. The molecule has 1 aliphatic rings. The van der Waals surface area contributed by atoms with E-state index in [-0.39, 0.29) is 11.7 Å². The van der Waals surface area contributed by atoms with E-state index in [0.29, 0.717) is 12.5 Å². The van der Waals surface area contributed by atoms with Gasteiger partial charge in [-0.2, -0.15) is 0 Å². The fourth-order valence-corrected chi connectivity index (χ4v) is 2.67. The van der Waals surface area contributed by atoms with Gasteiger partial charge in [-0.15, -0.1) is 0 Å². The smallest absolute Gasteiger partial charge is 0.166 e. The highest BCUT2D eigenvalue weighted by Gasteiger charge is 2.43. The van der Waals surface area contributed by atoms with E-state index in [9.17, 15) is 4.79 Å². The van der Waals surface area contributed by atoms with Crippen molar-refractivity contribution in [1.29, 1.82) is 0 Å². The first kappa shape index (κ1) is 12.9. The summed E-state index contributed by atoms with van der Waals surface area (Å²) in [5.41, 5.74) is 2.03. The molecule has 102 valence electrons. The summed E-state index contributed by atoms with van der Waals surface area (Å²) in [7, 11) is 0. The Morgan fingerprint density at radius 1 is 1.15 bits per heavy atom. The van der Waals surface area contributed by atoms with Crippen LogP contribution in [0.5, 0.6) is 5.75 Å². The Labute approximate surface area is 119 Å². The summed E-state index contributed by atoms with van der Waals surface area (Å²) >= 11 is 0. The minimum Gasteiger partial charge on any atom is -0.494 e. The molecule has 0 N–H and O–H groups in total. The van der Waals surface area contributed by atoms with Crippen molar-refractivity contribution in [2.45, 2.75) is 19.3 Å². The summed E-state index contributed by atoms with van der Waals surface area (Å²) < 4.78 is 5.46. The van der Waals surface area contributed by atoms with Gasteiger partial charge < -0.3 is 4.74 Å². The Bertz CT molecular complexity index is 604. The molecule has 0 saturated heterocycles. The highest BCUT2D eigenvalue weighted by atomic mass is 16.5. The molecule has 1 saturated carbocycles. The third-order valence-electron chi connectivity index (χ3n) is 3.78. The van der Waals surface area contributed by atoms with Gasteiger partial charge in [0.05, 0.1) is 6.61 Å². The molecular weight excluding hydrogens is 248 g/mol. The van der Waals surface area contributed by atoms with Crippen molar-refractivity contribution in [3.8, 4) is 5.75 Å². The van der Waals surface area contributed by atoms with E-state index in [1.807, 2.05) is 49.4 Å². The summed E-state index contributed by atoms with van der Waals surface area (Å²) in [6.45, 7) is 2.56. The molecule has 2 atom stereocenters. The Morgan fingerprint density at radius 3 is 2.70 bits per heavy atom. The van der Waals surface area contributed by atoms with Gasteiger partial charge in [0.2, 0.25) is 0 Å². The first-order valence-electron chi connectivity index (χ1n) is 7.11. The SMILES string of the molecule is CCOc1cccc(C(=O)C2CC2c2ccccc2)c1. The number of hydrogen-bond acceptors (Lipinski definition) is 2. The molecule has 0 aromatic heterocycles. The van der Waals surface area contributed by atoms with E-state index in [1.54, 1.807) is 0 Å². The van der Waals surface area contributed by atoms with Crippen LogP contribution in [0.2, 0.25) is 0 Å². The maximum absolute atomic E-state index is 12.5. The van der Waals surface area contributed by atoms with Gasteiger partial charge in [-0.3, -0.25) is 4.79 Å². The Kier molecular flexibility index (Phi) is 3.55. The Balaban J connectivity index is 1.73. The van der Waals surface area contributed by atoms with Gasteiger partial charge >= 0.3 is 0 Å². The lowest BCUT2D eigenvalue weighted by Gasteiger charge is -2.05. The van der Waals surface area contributed by atoms with Crippen molar-refractivity contribution in [2.24, 2.45) is 5.92 Å². The Morgan fingerprint density at radius 2 is 1.95 bits per heavy atom. The van der Waals surface area contributed by atoms with Crippen molar-refractivity contribution in [3.63, 3.8) is 0 Å². The van der Waals surface area contributed by atoms with Gasteiger partial charge in [-0.05, 0) is 37.0 Å². The highest BCUT2D eigenvalue weighted by molar-refractivity contribution is 6.00. The number of benzene rings is 2. The number of hydrogen-bond donors (Lipinski definition) is 0. The van der Waals surface area contributed by atoms with Crippen LogP contribution < -0.4 is 4.74 Å². The van der Waals surface area contributed by atoms with Crippen LogP contribution in [0.3, 0.4) is 0 Å². The van der Waals surface area contributed by atoms with E-state index in [2.05, 4.69) is 12.1 Å². The Hall–Kier alpha value is -2.09. The van der Waals surface area contributed by atoms with E-state index >= 15 is 0 Å². The normalized spacial score (nSPS) is 20.4. The van der Waals surface area contributed by atoms with Crippen molar-refractivity contribution >= 4 is 5.78 Å². The maximum Gasteiger partial charge on any atom is 0.166 e. The van der Waals surface area contributed by atoms with E-state index in [4.69, 9.17) is 4.74 Å². The fraction of sp³-hybridized carbons (Fsp3) is 0.278. The van der Waals surface area contributed by atoms with Crippen LogP contribution in [0.4, 0.5) is 0 Å². The van der Waals surface area contributed by atoms with Crippen LogP contribution in [0.15, 0.2) is 54.6 Å². The number of carbonyl (C=O) groups is 1. The number of ether oxygens (including phenoxy) is 1. The first-order valence-corrected chi connectivity index (χ1v) is 7.11. The molecule has 2 nitrogen and oxygen atoms in total. The van der Waals surface area contributed by atoms with E-state index in [0.717, 1.165) is 17.7 Å². The standard InChI is InChI=1S/C18H18O2/c1-2-20-15-10-6-9-14(11-15)18(19)17-12-16(17)13-7-4-3-5-8-13/h3-11,16-17H,2,12H2,1H3. The number of carbonyl (C=O) groups excluding carboxylic acids is 1. The second-order valence-electron chi connectivity index (χ2n) is 5.18. The van der Waals surface area contributed by atoms with Gasteiger partial charge in [-0.25, -0.2) is 0 Å². The van der Waals surface area contributed by atoms with Crippen LogP contribution in [0.25, 0.3) is 0 Å². The molecule has 0 radical (unpaired) electrons. The molecule has 20 heavy (non-hydrogen) atoms. The highest BCUT2D eigenvalue weighted by Crippen LogP contribution is 2.49. The average molecular weight is 266 g/mol. The molecule has 1 aliphatic carbocycles. The first-order chi connectivity index (χ1) is 9.79. The molecule has 3 rings (SSSR count). The lowest BCUT2D eigenvalue weighted by atomic mass is 10.0. The molecule has 0 bridgehead atoms. The second-order valence-corrected chi connectivity index (χ2v) is 5.18. The zero-order valence-corrected chi connectivity index (χ0v) is 11.6. The zero-order valence-electron chi connectivity index (χ0n) is 11.6. The molecule has 2 heteroatoms. The second kappa shape index (κ2) is 5.49. The van der Waals surface area contributed by atoms with E-state index in [1.165, 1.54) is 5.56 Å². The zero-order chi connectivity index (χ0) is 13.9. The van der Waals surface area contributed by atoms with Crippen LogP contribution in [-0.2, 0) is 0 Å². The number of rotatable bonds is 5. The monoisotopic (exact) mass is 266 g/mol. The van der Waals surface area contributed by atoms with Crippen LogP contribution >= 0.6 is 0 Å². The van der Waals surface area contributed by atoms with Crippen molar-refractivity contribution in [2.75, 3.05) is 6.61 Å². The van der Waals surface area contributed by atoms with Gasteiger partial charge in [0, 0.05) is 11.5 Å². The lowest BCUT2D eigenvalue weighted by molar-refractivity contribution is 0.0965. The third-order valence-corrected chi connectivity index (χ3v) is 3.78. The van der Waals surface area contributed by atoms with Gasteiger partial charge in [0.25, 0.3) is 0 Å². The molecular formula is C18H18O2. The van der Waals surface area contributed by atoms with Crippen LogP contribution in [0.1, 0.15) is 35.2 Å². The molecule has 0 amide bonds. The summed E-state index contributed by atoms with van der Waals surface area (Å²) in [5.74, 6) is 1.53. The quantitative estimate of drug-likeness (QED) is 0.762. The van der Waals surface area contributed by atoms with Gasteiger partial charge in [0.15, 0.2) is 5.78 Å². The number of Topliss-reactive ketones (excluding diaryl/α,β-unsaturated/α-hetero) is 1. The van der Waals surface area contributed by atoms with E-state index < -0.39 is 0 Å². The third kappa shape index (κ3) is 2.60. The maximum atomic E-state index is 12.5. The predicted molar refractivity (Wildman–Crippen MR) is 79.2 cm³/mol. The lowest BCUT2D eigenvalue weighted by Crippen LogP contribution is -2.04. The molecule has 2 aromatic rings. The summed E-state index contributed by atoms with van der Waals surface area (Å²) in [5, 5.41) is 0. The van der Waals surface area contributed by atoms with Crippen molar-refractivity contribution in [1.82, 2.24) is 0 Å². The predicted octanol–water partition coefficient (Wildman–Crippen LogP) is 4.07. The topological polar surface area (TPSA) is 26.3 Å². The minimum atomic E-state index is 0.134. The fourth-order valence-electron chi connectivity index (χ4n) is 2.67. The largest absolute Gasteiger partial charge is 0.494 e. The molecule has 0 heterocycles. The van der Waals surface area contributed by atoms with Crippen molar-refractivity contribution < 1.29 is 9.53 Å². The van der Waals surface area contributed by atoms with Gasteiger partial charge in [-0.1, -0.05) is 42.5 Å². The molecule has 2 aromatic carbocycles. The van der Waals surface area contributed by atoms with Crippen molar-refractivity contribution in [3.05, 3.63) is 65.7 Å². The van der Waals surface area contributed by atoms with Gasteiger partial charge in [0.1, 0.15) is 5.75 Å². The van der Waals surface area contributed by atoms with Crippen LogP contribution in [0, 0.1) is 5.92 Å². The summed E-state index contributed by atoms with van der Waals surface area (Å²) in [6, 6.07) is 17.8. The number of ketones is 1. The molecule has 1 fully saturated rings. The van der Waals surface area contributed by atoms with Crippen LogP contribution in [-0.4, -0.2) is 12.4 Å². The minimum absolute atomic E-state index is 0.134. The molecule has 2 unspecified atom stereocenters. The summed E-state index contributed by atoms with van der Waals surface area (Å²) in [6.07, 6.45) is 0.960. The molecule has 0 aliphatic heterocycles. The summed E-state index contributed by atoms with van der Waals surface area (Å²) in [4.78, 5) is 12.5. The molecule has 0 spiro atoms.